The van der Waals surface area contributed by atoms with E-state index in [4.69, 9.17) is 9.47 Å². The number of likely N-dealkylation sites (tertiary alicyclic amines) is 2. The Hall–Kier alpha value is -2.24. The number of carbonyl (C=O) groups is 2. The molecule has 6 nitrogen and oxygen atoms in total. The van der Waals surface area contributed by atoms with Gasteiger partial charge < -0.3 is 19.3 Å². The molecule has 0 bridgehead atoms. The van der Waals surface area contributed by atoms with Crippen molar-refractivity contribution in [1.29, 1.82) is 0 Å². The molecule has 3 fully saturated rings. The lowest BCUT2D eigenvalue weighted by Gasteiger charge is -2.40. The van der Waals surface area contributed by atoms with Gasteiger partial charge in [0.05, 0.1) is 19.6 Å². The normalized spacial score (nSPS) is 25.1. The van der Waals surface area contributed by atoms with Crippen molar-refractivity contribution in [2.45, 2.75) is 45.1 Å². The lowest BCUT2D eigenvalue weighted by molar-refractivity contribution is -0.147. The van der Waals surface area contributed by atoms with Gasteiger partial charge in [-0.15, -0.1) is 0 Å². The van der Waals surface area contributed by atoms with Crippen LogP contribution in [0.5, 0.6) is 11.5 Å². The second-order valence-electron chi connectivity index (χ2n) is 8.40. The Morgan fingerprint density at radius 2 is 1.96 bits per heavy atom. The standard InChI is InChI=1S/C22H30N2O4/c1-27-18-9-4-8-17(19(18)28-2)14-23-12-5-10-22(21(23)26)11-13-24(15-22)20(25)16-6-3-7-16/h4,8-9,16H,3,5-7,10-15H2,1-2H3. The van der Waals surface area contributed by atoms with E-state index < -0.39 is 5.41 Å². The summed E-state index contributed by atoms with van der Waals surface area (Å²) in [5.41, 5.74) is 0.552. The molecule has 2 saturated heterocycles. The zero-order valence-corrected chi connectivity index (χ0v) is 16.9. The van der Waals surface area contributed by atoms with E-state index in [-0.39, 0.29) is 17.7 Å². The van der Waals surface area contributed by atoms with Gasteiger partial charge >= 0.3 is 0 Å². The summed E-state index contributed by atoms with van der Waals surface area (Å²) < 4.78 is 10.9. The van der Waals surface area contributed by atoms with Gasteiger partial charge in [-0.2, -0.15) is 0 Å². The highest BCUT2D eigenvalue weighted by Crippen LogP contribution is 2.42. The van der Waals surface area contributed by atoms with Gasteiger partial charge in [-0.1, -0.05) is 18.6 Å². The first-order chi connectivity index (χ1) is 13.6. The number of piperidine rings is 1. The van der Waals surface area contributed by atoms with Crippen LogP contribution in [0.15, 0.2) is 18.2 Å². The number of ether oxygens (including phenoxy) is 2. The maximum absolute atomic E-state index is 13.4. The Bertz CT molecular complexity index is 761. The molecule has 1 saturated carbocycles. The second-order valence-corrected chi connectivity index (χ2v) is 8.40. The van der Waals surface area contributed by atoms with Gasteiger partial charge in [0, 0.05) is 37.7 Å². The summed E-state index contributed by atoms with van der Waals surface area (Å²) in [6, 6.07) is 5.77. The molecule has 1 aliphatic carbocycles. The van der Waals surface area contributed by atoms with Gasteiger partial charge in [0.15, 0.2) is 11.5 Å². The number of benzene rings is 1. The zero-order chi connectivity index (χ0) is 19.7. The maximum atomic E-state index is 13.4. The van der Waals surface area contributed by atoms with E-state index in [1.54, 1.807) is 14.2 Å². The van der Waals surface area contributed by atoms with Gasteiger partial charge in [-0.05, 0) is 38.2 Å². The van der Waals surface area contributed by atoms with E-state index in [0.29, 0.717) is 24.6 Å². The van der Waals surface area contributed by atoms with Crippen molar-refractivity contribution in [3.63, 3.8) is 0 Å². The predicted octanol–water partition coefficient (Wildman–Crippen LogP) is 2.85. The predicted molar refractivity (Wildman–Crippen MR) is 105 cm³/mol. The van der Waals surface area contributed by atoms with Gasteiger partial charge in [0.25, 0.3) is 0 Å². The minimum Gasteiger partial charge on any atom is -0.493 e. The minimum absolute atomic E-state index is 0.188. The van der Waals surface area contributed by atoms with E-state index in [2.05, 4.69) is 0 Å². The summed E-state index contributed by atoms with van der Waals surface area (Å²) in [6.45, 7) is 2.57. The fraction of sp³-hybridized carbons (Fsp3) is 0.636. The number of hydrogen-bond donors (Lipinski definition) is 0. The molecule has 0 radical (unpaired) electrons. The Morgan fingerprint density at radius 1 is 1.14 bits per heavy atom. The van der Waals surface area contributed by atoms with E-state index >= 15 is 0 Å². The molecule has 152 valence electrons. The summed E-state index contributed by atoms with van der Waals surface area (Å²) in [7, 11) is 3.25. The molecule has 0 aromatic heterocycles. The number of carbonyl (C=O) groups excluding carboxylic acids is 2. The molecule has 2 amide bonds. The Balaban J connectivity index is 1.49. The van der Waals surface area contributed by atoms with Gasteiger partial charge in [-0.3, -0.25) is 9.59 Å². The zero-order valence-electron chi connectivity index (χ0n) is 16.9. The van der Waals surface area contributed by atoms with Crippen LogP contribution in [0.3, 0.4) is 0 Å². The van der Waals surface area contributed by atoms with Crippen LogP contribution >= 0.6 is 0 Å². The summed E-state index contributed by atoms with van der Waals surface area (Å²) in [5.74, 6) is 2.02. The highest BCUT2D eigenvalue weighted by atomic mass is 16.5. The van der Waals surface area contributed by atoms with Crippen molar-refractivity contribution in [1.82, 2.24) is 9.80 Å². The topological polar surface area (TPSA) is 59.1 Å². The van der Waals surface area contributed by atoms with Gasteiger partial charge in [0.2, 0.25) is 11.8 Å². The molecule has 1 atom stereocenters. The van der Waals surface area contributed by atoms with Crippen molar-refractivity contribution in [3.8, 4) is 11.5 Å². The fourth-order valence-electron chi connectivity index (χ4n) is 4.94. The van der Waals surface area contributed by atoms with Crippen molar-refractivity contribution < 1.29 is 19.1 Å². The molecular formula is C22H30N2O4. The quantitative estimate of drug-likeness (QED) is 0.781. The fourth-order valence-corrected chi connectivity index (χ4v) is 4.94. The minimum atomic E-state index is -0.399. The number of para-hydroxylation sites is 1. The Kier molecular flexibility index (Phi) is 5.21. The molecule has 4 rings (SSSR count). The highest BCUT2D eigenvalue weighted by Gasteiger charge is 2.50. The number of hydrogen-bond acceptors (Lipinski definition) is 4. The number of amides is 2. The Labute approximate surface area is 166 Å². The maximum Gasteiger partial charge on any atom is 0.230 e. The Morgan fingerprint density at radius 3 is 2.64 bits per heavy atom. The van der Waals surface area contributed by atoms with Crippen LogP contribution in [0.4, 0.5) is 0 Å². The van der Waals surface area contributed by atoms with Gasteiger partial charge in [0.1, 0.15) is 0 Å². The lowest BCUT2D eigenvalue weighted by Crippen LogP contribution is -2.50. The molecule has 1 spiro atoms. The summed E-state index contributed by atoms with van der Waals surface area (Å²) in [5, 5.41) is 0. The van der Waals surface area contributed by atoms with Crippen LogP contribution in [0.25, 0.3) is 0 Å². The molecule has 1 aromatic carbocycles. The average molecular weight is 386 g/mol. The van der Waals surface area contributed by atoms with Crippen LogP contribution in [0, 0.1) is 11.3 Å². The third-order valence-corrected chi connectivity index (χ3v) is 6.79. The molecule has 28 heavy (non-hydrogen) atoms. The van der Waals surface area contributed by atoms with Crippen LogP contribution < -0.4 is 9.47 Å². The summed E-state index contributed by atoms with van der Waals surface area (Å²) >= 11 is 0. The van der Waals surface area contributed by atoms with E-state index in [1.807, 2.05) is 28.0 Å². The first-order valence-electron chi connectivity index (χ1n) is 10.4. The third kappa shape index (κ3) is 3.23. The van der Waals surface area contributed by atoms with Crippen LogP contribution in [-0.4, -0.2) is 55.5 Å². The second kappa shape index (κ2) is 7.64. The average Bonchev–Trinajstić information content (AvgIpc) is 3.09. The molecular weight excluding hydrogens is 356 g/mol. The summed E-state index contributed by atoms with van der Waals surface area (Å²) in [4.78, 5) is 30.0. The first-order valence-corrected chi connectivity index (χ1v) is 10.4. The van der Waals surface area contributed by atoms with Crippen molar-refractivity contribution in [2.75, 3.05) is 33.9 Å². The van der Waals surface area contributed by atoms with E-state index in [1.165, 1.54) is 0 Å². The summed E-state index contributed by atoms with van der Waals surface area (Å²) in [6.07, 6.45) is 5.83. The monoisotopic (exact) mass is 386 g/mol. The van der Waals surface area contributed by atoms with Crippen molar-refractivity contribution in [2.24, 2.45) is 11.3 Å². The molecule has 2 heterocycles. The largest absolute Gasteiger partial charge is 0.493 e. The molecule has 3 aliphatic rings. The molecule has 1 unspecified atom stereocenters. The van der Waals surface area contributed by atoms with Crippen molar-refractivity contribution >= 4 is 11.8 Å². The third-order valence-electron chi connectivity index (χ3n) is 6.79. The number of nitrogens with zero attached hydrogens (tertiary/aromatic N) is 2. The number of rotatable bonds is 5. The molecule has 2 aliphatic heterocycles. The van der Waals surface area contributed by atoms with Crippen LogP contribution in [-0.2, 0) is 16.1 Å². The SMILES string of the molecule is COc1cccc(CN2CCCC3(CCN(C(=O)C4CCC4)C3)C2=O)c1OC. The van der Waals surface area contributed by atoms with Crippen LogP contribution in [0.2, 0.25) is 0 Å². The lowest BCUT2D eigenvalue weighted by atomic mass is 9.78. The van der Waals surface area contributed by atoms with E-state index in [0.717, 1.165) is 57.2 Å². The van der Waals surface area contributed by atoms with Crippen molar-refractivity contribution in [3.05, 3.63) is 23.8 Å². The molecule has 0 N–H and O–H groups in total. The first kappa shape index (κ1) is 19.1. The smallest absolute Gasteiger partial charge is 0.230 e. The molecule has 6 heteroatoms. The van der Waals surface area contributed by atoms with E-state index in [9.17, 15) is 9.59 Å². The molecule has 1 aromatic rings. The number of methoxy groups -OCH3 is 2. The van der Waals surface area contributed by atoms with Gasteiger partial charge in [-0.25, -0.2) is 0 Å². The van der Waals surface area contributed by atoms with Crippen LogP contribution in [0.1, 0.15) is 44.1 Å². The highest BCUT2D eigenvalue weighted by molar-refractivity contribution is 5.87.